The van der Waals surface area contributed by atoms with Crippen LogP contribution in [0, 0.1) is 0 Å². The Morgan fingerprint density at radius 1 is 0.525 bits per heavy atom. The second kappa shape index (κ2) is 10.4. The summed E-state index contributed by atoms with van der Waals surface area (Å²) in [4.78, 5) is 17.3. The second-order valence-corrected chi connectivity index (χ2v) is 10.6. The lowest BCUT2D eigenvalue weighted by Gasteiger charge is -2.06. The summed E-state index contributed by atoms with van der Waals surface area (Å²) in [6, 6.07) is 29.6. The Hall–Kier alpha value is -4.26. The van der Waals surface area contributed by atoms with E-state index in [-0.39, 0.29) is 0 Å². The van der Waals surface area contributed by atoms with Gasteiger partial charge in [0.1, 0.15) is 0 Å². The summed E-state index contributed by atoms with van der Waals surface area (Å²) >= 11 is 9.00. The maximum atomic E-state index is 5.03. The lowest BCUT2D eigenvalue weighted by atomic mass is 10.0. The Balaban J connectivity index is 1.55. The van der Waals surface area contributed by atoms with E-state index in [1.165, 1.54) is 5.56 Å². The number of aromatic amines is 2. The van der Waals surface area contributed by atoms with Crippen LogP contribution in [0.25, 0.3) is 68.6 Å². The fourth-order valence-corrected chi connectivity index (χ4v) is 5.72. The van der Waals surface area contributed by atoms with Gasteiger partial charge in [-0.25, -0.2) is 9.97 Å². The van der Waals surface area contributed by atoms with Gasteiger partial charge in [0.25, 0.3) is 0 Å². The minimum absolute atomic E-state index is 0.671. The van der Waals surface area contributed by atoms with E-state index in [1.807, 2.05) is 0 Å². The average molecular weight is 555 g/mol. The van der Waals surface area contributed by atoms with Gasteiger partial charge < -0.3 is 9.97 Å². The molecule has 0 spiro atoms. The molecule has 0 radical (unpaired) electrons. The third-order valence-electron chi connectivity index (χ3n) is 7.19. The molecule has 3 aromatic heterocycles. The highest BCUT2D eigenvalue weighted by molar-refractivity contribution is 7.79. The Morgan fingerprint density at radius 2 is 1.02 bits per heavy atom. The van der Waals surface area contributed by atoms with Crippen molar-refractivity contribution in [3.63, 3.8) is 0 Å². The topological polar surface area (TPSA) is 57.4 Å². The monoisotopic (exact) mass is 554 g/mol. The predicted octanol–water partition coefficient (Wildman–Crippen LogP) is 8.85. The fourth-order valence-electron chi connectivity index (χ4n) is 5.33. The molecule has 6 heteroatoms. The number of H-pyrrole nitrogens is 2. The van der Waals surface area contributed by atoms with Gasteiger partial charge in [-0.2, -0.15) is 25.3 Å². The molecule has 5 aromatic rings. The van der Waals surface area contributed by atoms with Crippen LogP contribution in [-0.4, -0.2) is 19.9 Å². The van der Waals surface area contributed by atoms with Crippen LogP contribution in [0.2, 0.25) is 0 Å². The van der Waals surface area contributed by atoms with Crippen molar-refractivity contribution in [2.24, 2.45) is 0 Å². The molecule has 0 saturated heterocycles. The molecule has 2 N–H and O–H groups in total. The van der Waals surface area contributed by atoms with Gasteiger partial charge in [0, 0.05) is 44.7 Å². The summed E-state index contributed by atoms with van der Waals surface area (Å²) in [6.07, 6.45) is 8.27. The van der Waals surface area contributed by atoms with Gasteiger partial charge in [0.15, 0.2) is 0 Å². The van der Waals surface area contributed by atoms with Crippen LogP contribution < -0.4 is 0 Å². The van der Waals surface area contributed by atoms with Crippen LogP contribution >= 0.6 is 25.3 Å². The summed E-state index contributed by atoms with van der Waals surface area (Å²) in [5, 5.41) is 0. The molecule has 0 fully saturated rings. The van der Waals surface area contributed by atoms with Crippen LogP contribution in [0.4, 0.5) is 0 Å². The van der Waals surface area contributed by atoms with Crippen molar-refractivity contribution >= 4 is 71.6 Å². The molecule has 2 aliphatic rings. The van der Waals surface area contributed by atoms with Crippen molar-refractivity contribution in [1.82, 2.24) is 19.9 Å². The zero-order chi connectivity index (χ0) is 27.1. The third kappa shape index (κ3) is 4.70. The number of hydrogen-bond acceptors (Lipinski definition) is 4. The second-order valence-electron chi connectivity index (χ2n) is 9.92. The van der Waals surface area contributed by atoms with Crippen LogP contribution in [0.15, 0.2) is 84.9 Å². The quantitative estimate of drug-likeness (QED) is 0.164. The molecule has 0 saturated carbocycles. The zero-order valence-corrected chi connectivity index (χ0v) is 23.4. The number of fused-ring (bicyclic) bond motifs is 8. The SMILES string of the molecule is SCc1cccc(-c2c3nc(cc4ccc([nH]4)c(-c4cccc(CS)c4)c4ccc(cc5nc2C=C5)[nH]4)C=C3)c1. The summed E-state index contributed by atoms with van der Waals surface area (Å²) < 4.78 is 0. The number of hydrogen-bond donors (Lipinski definition) is 4. The van der Waals surface area contributed by atoms with E-state index in [4.69, 9.17) is 9.97 Å². The Morgan fingerprint density at radius 3 is 1.52 bits per heavy atom. The zero-order valence-electron chi connectivity index (χ0n) is 21.6. The van der Waals surface area contributed by atoms with Crippen molar-refractivity contribution in [2.75, 3.05) is 0 Å². The Kier molecular flexibility index (Phi) is 6.42. The number of thiol groups is 2. The molecule has 0 atom stereocenters. The third-order valence-corrected chi connectivity index (χ3v) is 7.92. The minimum Gasteiger partial charge on any atom is -0.355 e. The predicted molar refractivity (Wildman–Crippen MR) is 175 cm³/mol. The van der Waals surface area contributed by atoms with Crippen molar-refractivity contribution < 1.29 is 0 Å². The summed E-state index contributed by atoms with van der Waals surface area (Å²) in [5.41, 5.74) is 14.2. The first-order valence-electron chi connectivity index (χ1n) is 13.2. The lowest BCUT2D eigenvalue weighted by Crippen LogP contribution is -1.90. The summed E-state index contributed by atoms with van der Waals surface area (Å²) in [6.45, 7) is 0. The highest BCUT2D eigenvalue weighted by atomic mass is 32.1. The van der Waals surface area contributed by atoms with Gasteiger partial charge in [-0.15, -0.1) is 0 Å². The molecule has 2 aliphatic heterocycles. The Bertz CT molecular complexity index is 1900. The first kappa shape index (κ1) is 24.8. The van der Waals surface area contributed by atoms with E-state index in [1.54, 1.807) is 0 Å². The lowest BCUT2D eigenvalue weighted by molar-refractivity contribution is 1.27. The smallest absolute Gasteiger partial charge is 0.0737 e. The first-order chi connectivity index (χ1) is 19.7. The molecular formula is C34H26N4S2. The number of nitrogens with one attached hydrogen (secondary N) is 2. The van der Waals surface area contributed by atoms with Crippen LogP contribution in [0.5, 0.6) is 0 Å². The highest BCUT2D eigenvalue weighted by Gasteiger charge is 2.15. The molecule has 2 aromatic carbocycles. The van der Waals surface area contributed by atoms with Gasteiger partial charge in [-0.1, -0.05) is 48.5 Å². The van der Waals surface area contributed by atoms with E-state index < -0.39 is 0 Å². The molecule has 194 valence electrons. The molecule has 0 amide bonds. The van der Waals surface area contributed by atoms with Crippen LogP contribution in [0.1, 0.15) is 33.9 Å². The van der Waals surface area contributed by atoms with E-state index in [0.29, 0.717) is 11.5 Å². The Labute approximate surface area is 243 Å². The number of benzene rings is 2. The largest absolute Gasteiger partial charge is 0.355 e. The van der Waals surface area contributed by atoms with Gasteiger partial charge in [0.2, 0.25) is 0 Å². The minimum atomic E-state index is 0.671. The van der Waals surface area contributed by atoms with Crippen molar-refractivity contribution in [2.45, 2.75) is 11.5 Å². The number of aromatic nitrogens is 4. The van der Waals surface area contributed by atoms with Gasteiger partial charge >= 0.3 is 0 Å². The van der Waals surface area contributed by atoms with E-state index >= 15 is 0 Å². The first-order valence-corrected chi connectivity index (χ1v) is 14.4. The van der Waals surface area contributed by atoms with E-state index in [0.717, 1.165) is 72.7 Å². The number of nitrogens with zero attached hydrogens (tertiary/aromatic N) is 2. The maximum Gasteiger partial charge on any atom is 0.0737 e. The molecule has 8 bridgehead atoms. The van der Waals surface area contributed by atoms with E-state index in [2.05, 4.69) is 144 Å². The molecule has 7 rings (SSSR count). The van der Waals surface area contributed by atoms with Crippen LogP contribution in [0.3, 0.4) is 0 Å². The van der Waals surface area contributed by atoms with Crippen molar-refractivity contribution in [3.8, 4) is 22.3 Å². The average Bonchev–Trinajstić information content (AvgIpc) is 3.80. The highest BCUT2D eigenvalue weighted by Crippen LogP contribution is 2.33. The summed E-state index contributed by atoms with van der Waals surface area (Å²) in [7, 11) is 0. The standard InChI is InChI=1S/C34H26N4S2/c39-19-21-3-1-5-23(15-21)33-29-11-7-25(35-29)17-27-9-13-31(37-27)34(24-6-2-4-22(16-24)20-40)32-14-10-28(38-32)18-26-8-12-30(33)36-26/h1-18,35-36,39-40H,19-20H2. The fraction of sp³-hybridized carbons (Fsp3) is 0.0588. The van der Waals surface area contributed by atoms with Gasteiger partial charge in [-0.3, -0.25) is 0 Å². The normalized spacial score (nSPS) is 12.2. The van der Waals surface area contributed by atoms with Crippen molar-refractivity contribution in [1.29, 1.82) is 0 Å². The number of rotatable bonds is 4. The molecule has 0 unspecified atom stereocenters. The van der Waals surface area contributed by atoms with Gasteiger partial charge in [-0.05, 0) is 83.0 Å². The van der Waals surface area contributed by atoms with Crippen molar-refractivity contribution in [3.05, 3.63) is 119 Å². The van der Waals surface area contributed by atoms with E-state index in [9.17, 15) is 0 Å². The molecule has 4 nitrogen and oxygen atoms in total. The molecule has 0 aliphatic carbocycles. The maximum absolute atomic E-state index is 5.03. The molecule has 40 heavy (non-hydrogen) atoms. The molecular weight excluding hydrogens is 529 g/mol. The van der Waals surface area contributed by atoms with Gasteiger partial charge in [0.05, 0.1) is 22.8 Å². The molecule has 5 heterocycles. The summed E-state index contributed by atoms with van der Waals surface area (Å²) in [5.74, 6) is 1.35. The van der Waals surface area contributed by atoms with Crippen LogP contribution in [-0.2, 0) is 11.5 Å².